The van der Waals surface area contributed by atoms with Crippen molar-refractivity contribution >= 4 is 44.3 Å². The molecule has 7 heteroatoms. The highest BCUT2D eigenvalue weighted by atomic mass is 35.5. The Balaban J connectivity index is 2.13. The van der Waals surface area contributed by atoms with E-state index < -0.39 is 10.0 Å². The lowest BCUT2D eigenvalue weighted by atomic mass is 10.2. The maximum atomic E-state index is 12.1. The average Bonchev–Trinajstić information content (AvgIpc) is 2.78. The van der Waals surface area contributed by atoms with Crippen LogP contribution in [-0.2, 0) is 10.0 Å². The SMILES string of the molecule is CC(C)Nc1ccc(NS(=O)(=O)c2ccc(Cl)s2)cc1. The van der Waals surface area contributed by atoms with Gasteiger partial charge >= 0.3 is 0 Å². The second-order valence-corrected chi connectivity index (χ2v) is 8.16. The van der Waals surface area contributed by atoms with Crippen molar-refractivity contribution in [1.29, 1.82) is 0 Å². The quantitative estimate of drug-likeness (QED) is 0.870. The fraction of sp³-hybridized carbons (Fsp3) is 0.231. The summed E-state index contributed by atoms with van der Waals surface area (Å²) < 4.78 is 27.4. The molecule has 0 aliphatic rings. The van der Waals surface area contributed by atoms with Gasteiger partial charge in [-0.2, -0.15) is 0 Å². The molecule has 0 aliphatic heterocycles. The summed E-state index contributed by atoms with van der Waals surface area (Å²) in [5.41, 5.74) is 1.46. The van der Waals surface area contributed by atoms with Crippen molar-refractivity contribution < 1.29 is 8.42 Å². The number of rotatable bonds is 5. The van der Waals surface area contributed by atoms with Crippen LogP contribution < -0.4 is 10.0 Å². The third kappa shape index (κ3) is 3.88. The largest absolute Gasteiger partial charge is 0.383 e. The number of benzene rings is 1. The Morgan fingerprint density at radius 1 is 1.05 bits per heavy atom. The topological polar surface area (TPSA) is 58.2 Å². The summed E-state index contributed by atoms with van der Waals surface area (Å²) in [6.07, 6.45) is 0. The van der Waals surface area contributed by atoms with Crippen LogP contribution in [0.25, 0.3) is 0 Å². The molecule has 1 aromatic carbocycles. The van der Waals surface area contributed by atoms with Crippen molar-refractivity contribution in [3.8, 4) is 0 Å². The Labute approximate surface area is 127 Å². The van der Waals surface area contributed by atoms with Crippen LogP contribution in [-0.4, -0.2) is 14.5 Å². The lowest BCUT2D eigenvalue weighted by Gasteiger charge is -2.11. The maximum absolute atomic E-state index is 12.1. The number of halogens is 1. The molecule has 0 bridgehead atoms. The van der Waals surface area contributed by atoms with Gasteiger partial charge in [0, 0.05) is 17.4 Å². The first-order valence-corrected chi connectivity index (χ1v) is 8.69. The van der Waals surface area contributed by atoms with Crippen LogP contribution in [0.3, 0.4) is 0 Å². The van der Waals surface area contributed by atoms with Crippen molar-refractivity contribution in [2.75, 3.05) is 10.0 Å². The zero-order valence-corrected chi connectivity index (χ0v) is 13.4. The normalized spacial score (nSPS) is 11.6. The zero-order valence-electron chi connectivity index (χ0n) is 11.1. The van der Waals surface area contributed by atoms with Crippen molar-refractivity contribution in [3.05, 3.63) is 40.7 Å². The predicted octanol–water partition coefficient (Wildman–Crippen LogP) is 4.02. The monoisotopic (exact) mass is 330 g/mol. The van der Waals surface area contributed by atoms with E-state index in [4.69, 9.17) is 11.6 Å². The molecule has 1 heterocycles. The van der Waals surface area contributed by atoms with E-state index in [9.17, 15) is 8.42 Å². The standard InChI is InChI=1S/C13H15ClN2O2S2/c1-9(2)15-10-3-5-11(6-4-10)16-20(17,18)13-8-7-12(14)19-13/h3-9,15-16H,1-2H3. The van der Waals surface area contributed by atoms with E-state index in [0.717, 1.165) is 17.0 Å². The molecule has 0 fully saturated rings. The molecule has 1 aromatic heterocycles. The minimum absolute atomic E-state index is 0.201. The molecule has 0 radical (unpaired) electrons. The van der Waals surface area contributed by atoms with Crippen LogP contribution in [0, 0.1) is 0 Å². The summed E-state index contributed by atoms with van der Waals surface area (Å²) in [4.78, 5) is 0. The molecular weight excluding hydrogens is 316 g/mol. The van der Waals surface area contributed by atoms with Crippen molar-refractivity contribution in [1.82, 2.24) is 0 Å². The van der Waals surface area contributed by atoms with Crippen LogP contribution in [0.15, 0.2) is 40.6 Å². The van der Waals surface area contributed by atoms with E-state index in [1.54, 1.807) is 18.2 Å². The highest BCUT2D eigenvalue weighted by molar-refractivity contribution is 7.94. The van der Waals surface area contributed by atoms with Gasteiger partial charge in [-0.25, -0.2) is 8.42 Å². The molecule has 0 aliphatic carbocycles. The van der Waals surface area contributed by atoms with E-state index in [2.05, 4.69) is 10.0 Å². The highest BCUT2D eigenvalue weighted by Crippen LogP contribution is 2.27. The summed E-state index contributed by atoms with van der Waals surface area (Å²) in [5, 5.41) is 3.24. The van der Waals surface area contributed by atoms with Gasteiger partial charge in [-0.3, -0.25) is 4.72 Å². The van der Waals surface area contributed by atoms with Crippen molar-refractivity contribution in [3.63, 3.8) is 0 Å². The summed E-state index contributed by atoms with van der Waals surface area (Å²) in [6.45, 7) is 4.08. The smallest absolute Gasteiger partial charge is 0.271 e. The Hall–Kier alpha value is -1.24. The minimum atomic E-state index is -3.56. The molecule has 4 nitrogen and oxygen atoms in total. The Bertz CT molecular complexity index is 679. The molecule has 0 unspecified atom stereocenters. The van der Waals surface area contributed by atoms with Crippen LogP contribution in [0.5, 0.6) is 0 Å². The Morgan fingerprint density at radius 3 is 2.15 bits per heavy atom. The van der Waals surface area contributed by atoms with Gasteiger partial charge in [0.05, 0.1) is 4.34 Å². The molecule has 20 heavy (non-hydrogen) atoms. The van der Waals surface area contributed by atoms with Crippen LogP contribution >= 0.6 is 22.9 Å². The lowest BCUT2D eigenvalue weighted by Crippen LogP contribution is -2.12. The molecule has 2 N–H and O–H groups in total. The van der Waals surface area contributed by atoms with Gasteiger partial charge in [-0.1, -0.05) is 11.6 Å². The van der Waals surface area contributed by atoms with E-state index in [1.165, 1.54) is 6.07 Å². The summed E-state index contributed by atoms with van der Waals surface area (Å²) in [6, 6.07) is 10.5. The van der Waals surface area contributed by atoms with Gasteiger partial charge in [-0.05, 0) is 50.2 Å². The predicted molar refractivity (Wildman–Crippen MR) is 85.3 cm³/mol. The summed E-state index contributed by atoms with van der Waals surface area (Å²) in [7, 11) is -3.56. The van der Waals surface area contributed by atoms with E-state index >= 15 is 0 Å². The van der Waals surface area contributed by atoms with Crippen molar-refractivity contribution in [2.24, 2.45) is 0 Å². The number of nitrogens with one attached hydrogen (secondary N) is 2. The first-order chi connectivity index (χ1) is 9.37. The van der Waals surface area contributed by atoms with Crippen LogP contribution in [0.4, 0.5) is 11.4 Å². The first kappa shape index (κ1) is 15.2. The number of thiophene rings is 1. The molecule has 0 spiro atoms. The molecule has 2 rings (SSSR count). The summed E-state index contributed by atoms with van der Waals surface area (Å²) in [5.74, 6) is 0. The van der Waals surface area contributed by atoms with Gasteiger partial charge in [0.1, 0.15) is 4.21 Å². The van der Waals surface area contributed by atoms with E-state index in [-0.39, 0.29) is 4.21 Å². The first-order valence-electron chi connectivity index (χ1n) is 6.01. The van der Waals surface area contributed by atoms with E-state index in [0.29, 0.717) is 16.1 Å². The number of hydrogen-bond acceptors (Lipinski definition) is 4. The second kappa shape index (κ2) is 6.03. The molecule has 0 amide bonds. The third-order valence-corrected chi connectivity index (χ3v) is 5.51. The number of hydrogen-bond donors (Lipinski definition) is 2. The molecular formula is C13H15ClN2O2S2. The average molecular weight is 331 g/mol. The Morgan fingerprint density at radius 2 is 1.65 bits per heavy atom. The van der Waals surface area contributed by atoms with Gasteiger partial charge in [-0.15, -0.1) is 11.3 Å². The fourth-order valence-corrected chi connectivity index (χ4v) is 4.16. The molecule has 2 aromatic rings. The third-order valence-electron chi connectivity index (χ3n) is 2.41. The number of sulfonamides is 1. The molecule has 0 saturated carbocycles. The van der Waals surface area contributed by atoms with Crippen LogP contribution in [0.2, 0.25) is 4.34 Å². The molecule has 0 atom stereocenters. The molecule has 108 valence electrons. The number of anilines is 2. The lowest BCUT2D eigenvalue weighted by molar-refractivity contribution is 0.603. The maximum Gasteiger partial charge on any atom is 0.271 e. The minimum Gasteiger partial charge on any atom is -0.383 e. The fourth-order valence-electron chi connectivity index (χ4n) is 1.62. The molecule has 0 saturated heterocycles. The van der Waals surface area contributed by atoms with E-state index in [1.807, 2.05) is 26.0 Å². The second-order valence-electron chi connectivity index (χ2n) is 4.54. The Kier molecular flexibility index (Phi) is 4.57. The summed E-state index contributed by atoms with van der Waals surface area (Å²) >= 11 is 6.78. The van der Waals surface area contributed by atoms with Gasteiger partial charge in [0.2, 0.25) is 0 Å². The van der Waals surface area contributed by atoms with Gasteiger partial charge in [0.25, 0.3) is 10.0 Å². The zero-order chi connectivity index (χ0) is 14.8. The van der Waals surface area contributed by atoms with Crippen molar-refractivity contribution in [2.45, 2.75) is 24.1 Å². The highest BCUT2D eigenvalue weighted by Gasteiger charge is 2.16. The van der Waals surface area contributed by atoms with Crippen LogP contribution in [0.1, 0.15) is 13.8 Å². The van der Waals surface area contributed by atoms with Gasteiger partial charge < -0.3 is 5.32 Å². The van der Waals surface area contributed by atoms with Gasteiger partial charge in [0.15, 0.2) is 0 Å².